The second-order valence-corrected chi connectivity index (χ2v) is 20.2. The van der Waals surface area contributed by atoms with Crippen LogP contribution >= 0.6 is 0 Å². The summed E-state index contributed by atoms with van der Waals surface area (Å²) >= 11 is 0. The van der Waals surface area contributed by atoms with Crippen molar-refractivity contribution in [3.8, 4) is 0 Å². The Kier molecular flexibility index (Phi) is 29.2. The van der Waals surface area contributed by atoms with Crippen LogP contribution in [0.4, 0.5) is 0 Å². The maximum Gasteiger partial charge on any atom is 0.186 e. The summed E-state index contributed by atoms with van der Waals surface area (Å²) in [6.07, 6.45) is 21.9. The molecule has 2 rings (SSSR count). The third kappa shape index (κ3) is 24.6. The highest BCUT2D eigenvalue weighted by Gasteiger charge is 2.44. The number of rotatable bonds is 4. The average molecular weight is 813 g/mol. The summed E-state index contributed by atoms with van der Waals surface area (Å²) in [7, 11) is 0. The Balaban J connectivity index is 1.89. The lowest BCUT2D eigenvalue weighted by atomic mass is 9.88. The van der Waals surface area contributed by atoms with Crippen LogP contribution in [0.5, 0.6) is 0 Å². The molecule has 0 aliphatic carbocycles. The Hall–Kier alpha value is -0.320. The van der Waals surface area contributed by atoms with E-state index in [0.29, 0.717) is 31.7 Å². The topological polar surface area (TPSA) is 118 Å². The van der Waals surface area contributed by atoms with Crippen LogP contribution in [-0.2, 0) is 18.9 Å². The molecule has 0 spiro atoms. The second kappa shape index (κ2) is 31.5. The first-order chi connectivity index (χ1) is 27.3. The molecule has 0 saturated carbocycles. The van der Waals surface area contributed by atoms with Crippen molar-refractivity contribution in [2.45, 2.75) is 233 Å². The van der Waals surface area contributed by atoms with E-state index in [1.165, 1.54) is 128 Å². The largest absolute Gasteiger partial charge is 0.394 e. The molecule has 57 heavy (non-hydrogen) atoms. The van der Waals surface area contributed by atoms with Crippen molar-refractivity contribution in [3.05, 3.63) is 0 Å². The highest BCUT2D eigenvalue weighted by atomic mass is 16.7. The highest BCUT2D eigenvalue weighted by Crippen LogP contribution is 2.28. The monoisotopic (exact) mass is 813 g/mol. The minimum Gasteiger partial charge on any atom is -0.394 e. The zero-order valence-electron chi connectivity index (χ0n) is 38.6. The Morgan fingerprint density at radius 2 is 0.789 bits per heavy atom. The van der Waals surface area contributed by atoms with Crippen LogP contribution in [0.3, 0.4) is 0 Å². The summed E-state index contributed by atoms with van der Waals surface area (Å²) in [6.45, 7) is 20.7. The fourth-order valence-electron chi connectivity index (χ4n) is 9.10. The van der Waals surface area contributed by atoms with Gasteiger partial charge in [-0.25, -0.2) is 0 Å². The Morgan fingerprint density at radius 3 is 1.18 bits per heavy atom. The Bertz CT molecular complexity index is 935. The van der Waals surface area contributed by atoms with E-state index in [1.54, 1.807) is 0 Å². The standard InChI is InChI=1S/C49H96O8/c1-36-15-9-17-38(3)21-13-25-42(7)29-31-54-34-44(35-56-49-48(53)47(52)46(51)45(33-50)57-49)55-32-30-43(8)26-14-22-39(4)18-10-16-37(2)20-12-24-41(6)28-27-40(5)23-11-19-36/h36-53H,9-35H2,1-8H3/t36-,37-,38+,39+,40?,41-,42+,43+,44?,45+,46+,47-,48+,49+/m0/s1. The summed E-state index contributed by atoms with van der Waals surface area (Å²) in [6, 6.07) is 0. The van der Waals surface area contributed by atoms with Crippen LogP contribution in [0.15, 0.2) is 0 Å². The van der Waals surface area contributed by atoms with Crippen molar-refractivity contribution in [2.24, 2.45) is 47.3 Å². The molecule has 2 saturated heterocycles. The molecule has 0 bridgehead atoms. The first kappa shape index (κ1) is 52.8. The predicted octanol–water partition coefficient (Wildman–Crippen LogP) is 10.9. The van der Waals surface area contributed by atoms with Crippen LogP contribution in [0, 0.1) is 47.3 Å². The highest BCUT2D eigenvalue weighted by molar-refractivity contribution is 4.89. The first-order valence-corrected chi connectivity index (χ1v) is 24.4. The summed E-state index contributed by atoms with van der Waals surface area (Å²) < 4.78 is 23.9. The van der Waals surface area contributed by atoms with Gasteiger partial charge in [0.05, 0.1) is 19.8 Å². The van der Waals surface area contributed by atoms with Crippen LogP contribution in [0.25, 0.3) is 0 Å². The Morgan fingerprint density at radius 1 is 0.439 bits per heavy atom. The lowest BCUT2D eigenvalue weighted by molar-refractivity contribution is -0.306. The summed E-state index contributed by atoms with van der Waals surface area (Å²) in [4.78, 5) is 0. The van der Waals surface area contributed by atoms with E-state index in [0.717, 1.165) is 48.3 Å². The molecular weight excluding hydrogens is 717 g/mol. The number of aliphatic hydroxyl groups excluding tert-OH is 4. The number of ether oxygens (including phenoxy) is 4. The van der Waals surface area contributed by atoms with Crippen molar-refractivity contribution in [1.82, 2.24) is 0 Å². The van der Waals surface area contributed by atoms with Gasteiger partial charge in [-0.2, -0.15) is 0 Å². The molecule has 0 amide bonds. The van der Waals surface area contributed by atoms with Gasteiger partial charge in [0.15, 0.2) is 6.29 Å². The van der Waals surface area contributed by atoms with Gasteiger partial charge in [-0.05, 0) is 60.2 Å². The minimum absolute atomic E-state index is 0.109. The van der Waals surface area contributed by atoms with E-state index in [4.69, 9.17) is 18.9 Å². The van der Waals surface area contributed by atoms with Crippen molar-refractivity contribution < 1.29 is 39.4 Å². The van der Waals surface area contributed by atoms with Gasteiger partial charge < -0.3 is 39.4 Å². The van der Waals surface area contributed by atoms with Gasteiger partial charge in [-0.1, -0.05) is 184 Å². The lowest BCUT2D eigenvalue weighted by Crippen LogP contribution is -2.59. The van der Waals surface area contributed by atoms with E-state index in [2.05, 4.69) is 55.4 Å². The maximum atomic E-state index is 10.5. The molecule has 8 nitrogen and oxygen atoms in total. The Labute approximate surface area is 352 Å². The molecule has 0 aromatic rings. The molecule has 8 heteroatoms. The normalized spacial score (nSPS) is 39.6. The van der Waals surface area contributed by atoms with Crippen molar-refractivity contribution in [2.75, 3.05) is 33.0 Å². The third-order valence-corrected chi connectivity index (χ3v) is 13.8. The molecule has 0 radical (unpaired) electrons. The zero-order chi connectivity index (χ0) is 42.0. The van der Waals surface area contributed by atoms with E-state index in [9.17, 15) is 20.4 Å². The summed E-state index contributed by atoms with van der Waals surface area (Å²) in [5.41, 5.74) is 0. The van der Waals surface area contributed by atoms with Gasteiger partial charge in [-0.3, -0.25) is 0 Å². The van der Waals surface area contributed by atoms with E-state index in [-0.39, 0.29) is 12.7 Å². The molecule has 4 N–H and O–H groups in total. The third-order valence-electron chi connectivity index (χ3n) is 13.8. The predicted molar refractivity (Wildman–Crippen MR) is 235 cm³/mol. The van der Waals surface area contributed by atoms with Gasteiger partial charge in [0.2, 0.25) is 0 Å². The molecule has 0 aromatic heterocycles. The van der Waals surface area contributed by atoms with Crippen molar-refractivity contribution >= 4 is 0 Å². The molecule has 2 aliphatic rings. The van der Waals surface area contributed by atoms with Gasteiger partial charge >= 0.3 is 0 Å². The number of hydrogen-bond acceptors (Lipinski definition) is 8. The molecule has 2 aliphatic heterocycles. The van der Waals surface area contributed by atoms with E-state index >= 15 is 0 Å². The first-order valence-electron chi connectivity index (χ1n) is 24.4. The van der Waals surface area contributed by atoms with Gasteiger partial charge in [-0.15, -0.1) is 0 Å². The average Bonchev–Trinajstić information content (AvgIpc) is 3.16. The fourth-order valence-corrected chi connectivity index (χ4v) is 9.10. The maximum absolute atomic E-state index is 10.5. The van der Waals surface area contributed by atoms with Gasteiger partial charge in [0.1, 0.15) is 30.5 Å². The molecule has 14 atom stereocenters. The fraction of sp³-hybridized carbons (Fsp3) is 1.00. The number of aliphatic hydroxyl groups is 4. The molecular formula is C49H96O8. The minimum atomic E-state index is -1.47. The molecule has 0 aromatic carbocycles. The second-order valence-electron chi connectivity index (χ2n) is 20.2. The van der Waals surface area contributed by atoms with Crippen molar-refractivity contribution in [3.63, 3.8) is 0 Å². The molecule has 340 valence electrons. The van der Waals surface area contributed by atoms with Crippen LogP contribution in [-0.4, -0.2) is 90.3 Å². The SMILES string of the molecule is CC1CCC[C@@H](C)CCC[C@@H](C)CCC[C@@H](C)CCOCC(CO[C@@H]2O[C@H](CO)[C@@H](O)[C@H](O)[C@H]2O)OCC[C@H](C)CCC[C@H](C)CCC[C@H](C)CCC[C@H](C)CC1. The van der Waals surface area contributed by atoms with Crippen molar-refractivity contribution in [1.29, 1.82) is 0 Å². The smallest absolute Gasteiger partial charge is 0.186 e. The molecule has 2 heterocycles. The summed E-state index contributed by atoms with van der Waals surface area (Å²) in [5, 5.41) is 40.5. The van der Waals surface area contributed by atoms with Crippen LogP contribution in [0.1, 0.15) is 197 Å². The van der Waals surface area contributed by atoms with Gasteiger partial charge in [0, 0.05) is 13.2 Å². The summed E-state index contributed by atoms with van der Waals surface area (Å²) in [5.74, 6) is 6.13. The molecule has 2 fully saturated rings. The van der Waals surface area contributed by atoms with Crippen LogP contribution < -0.4 is 0 Å². The van der Waals surface area contributed by atoms with Gasteiger partial charge in [0.25, 0.3) is 0 Å². The zero-order valence-corrected chi connectivity index (χ0v) is 38.6. The number of hydrogen-bond donors (Lipinski definition) is 4. The van der Waals surface area contributed by atoms with Crippen LogP contribution in [0.2, 0.25) is 0 Å². The quantitative estimate of drug-likeness (QED) is 0.222. The lowest BCUT2D eigenvalue weighted by Gasteiger charge is -2.40. The van der Waals surface area contributed by atoms with E-state index < -0.39 is 37.3 Å². The molecule has 2 unspecified atom stereocenters. The van der Waals surface area contributed by atoms with E-state index in [1.807, 2.05) is 0 Å².